The predicted molar refractivity (Wildman–Crippen MR) is 125 cm³/mol. The molecule has 0 fully saturated rings. The third kappa shape index (κ3) is 4.04. The Hall–Kier alpha value is -4.44. The Morgan fingerprint density at radius 1 is 1.09 bits per heavy atom. The number of nitrogens with zero attached hydrogens (tertiary/aromatic N) is 5. The highest BCUT2D eigenvalue weighted by Crippen LogP contribution is 2.29. The third-order valence-electron chi connectivity index (χ3n) is 5.79. The number of fused-ring (bicyclic) bond motifs is 3. The lowest BCUT2D eigenvalue weighted by atomic mass is 10.1. The first-order valence-electron chi connectivity index (χ1n) is 10.8. The summed E-state index contributed by atoms with van der Waals surface area (Å²) < 4.78 is 21.4. The van der Waals surface area contributed by atoms with Crippen LogP contribution in [0.1, 0.15) is 17.3 Å². The van der Waals surface area contributed by atoms with Gasteiger partial charge in [-0.1, -0.05) is 42.5 Å². The van der Waals surface area contributed by atoms with Gasteiger partial charge in [-0.15, -0.1) is 10.2 Å². The number of carboxylic acid groups (broad SMARTS) is 1. The molecule has 35 heavy (non-hydrogen) atoms. The summed E-state index contributed by atoms with van der Waals surface area (Å²) in [5.41, 5.74) is 2.73. The minimum Gasteiger partial charge on any atom is -0.480 e. The highest BCUT2D eigenvalue weighted by Gasteiger charge is 2.24. The minimum absolute atomic E-state index is 0.0172. The summed E-state index contributed by atoms with van der Waals surface area (Å²) in [6, 6.07) is 15.4. The number of carboxylic acids is 1. The van der Waals surface area contributed by atoms with E-state index < -0.39 is 17.6 Å². The van der Waals surface area contributed by atoms with Crippen molar-refractivity contribution in [3.63, 3.8) is 0 Å². The second-order valence-corrected chi connectivity index (χ2v) is 8.00. The van der Waals surface area contributed by atoms with Crippen molar-refractivity contribution < 1.29 is 19.0 Å². The van der Waals surface area contributed by atoms with E-state index in [1.165, 1.54) is 30.0 Å². The van der Waals surface area contributed by atoms with Crippen molar-refractivity contribution in [1.29, 1.82) is 0 Å². The Morgan fingerprint density at radius 3 is 2.51 bits per heavy atom. The van der Waals surface area contributed by atoms with Crippen LogP contribution in [0.15, 0.2) is 71.7 Å². The van der Waals surface area contributed by atoms with Crippen molar-refractivity contribution in [3.8, 4) is 11.1 Å². The largest absolute Gasteiger partial charge is 0.480 e. The number of pyridine rings is 1. The molecular formula is C25H20FN5O4. The van der Waals surface area contributed by atoms with E-state index in [2.05, 4.69) is 15.3 Å². The molecule has 5 rings (SSSR count). The monoisotopic (exact) mass is 473 g/mol. The van der Waals surface area contributed by atoms with Crippen LogP contribution in [0, 0.1) is 5.82 Å². The lowest BCUT2D eigenvalue weighted by molar-refractivity contribution is -0.141. The van der Waals surface area contributed by atoms with E-state index in [9.17, 15) is 19.1 Å². The van der Waals surface area contributed by atoms with Gasteiger partial charge < -0.3 is 9.84 Å². The van der Waals surface area contributed by atoms with Gasteiger partial charge in [0.25, 0.3) is 5.56 Å². The maximum atomic E-state index is 13.5. The van der Waals surface area contributed by atoms with Crippen molar-refractivity contribution in [2.75, 3.05) is 7.11 Å². The molecule has 0 radical (unpaired) electrons. The zero-order valence-electron chi connectivity index (χ0n) is 18.6. The van der Waals surface area contributed by atoms with Crippen LogP contribution in [0.4, 0.5) is 4.39 Å². The van der Waals surface area contributed by atoms with Crippen molar-refractivity contribution >= 4 is 22.6 Å². The van der Waals surface area contributed by atoms with Gasteiger partial charge in [-0.05, 0) is 29.3 Å². The summed E-state index contributed by atoms with van der Waals surface area (Å²) >= 11 is 0. The number of carbonyl (C=O) groups is 1. The van der Waals surface area contributed by atoms with Crippen molar-refractivity contribution in [3.05, 3.63) is 94.3 Å². The van der Waals surface area contributed by atoms with E-state index in [1.807, 2.05) is 30.3 Å². The van der Waals surface area contributed by atoms with E-state index >= 15 is 0 Å². The molecule has 0 bridgehead atoms. The maximum absolute atomic E-state index is 13.5. The summed E-state index contributed by atoms with van der Waals surface area (Å²) in [4.78, 5) is 25.4. The first kappa shape index (κ1) is 22.4. The molecule has 0 spiro atoms. The van der Waals surface area contributed by atoms with E-state index in [-0.39, 0.29) is 24.4 Å². The predicted octanol–water partition coefficient (Wildman–Crippen LogP) is 3.26. The molecule has 1 N–H and O–H groups in total. The van der Waals surface area contributed by atoms with Gasteiger partial charge in [0.15, 0.2) is 11.2 Å². The van der Waals surface area contributed by atoms with Gasteiger partial charge in [0, 0.05) is 19.7 Å². The smallest absolute Gasteiger partial charge is 0.327 e. The van der Waals surface area contributed by atoms with Crippen LogP contribution in [0.25, 0.3) is 27.8 Å². The lowest BCUT2D eigenvalue weighted by Gasteiger charge is -2.16. The second-order valence-electron chi connectivity index (χ2n) is 8.00. The van der Waals surface area contributed by atoms with Crippen molar-refractivity contribution in [1.82, 2.24) is 24.4 Å². The Bertz CT molecular complexity index is 1600. The average Bonchev–Trinajstić information content (AvgIpc) is 3.23. The number of aromatic nitrogens is 5. The summed E-state index contributed by atoms with van der Waals surface area (Å²) in [7, 11) is 1.53. The number of ether oxygens (including phenoxy) is 1. The number of benzene rings is 2. The van der Waals surface area contributed by atoms with Gasteiger partial charge in [-0.2, -0.15) is 5.10 Å². The highest BCUT2D eigenvalue weighted by molar-refractivity contribution is 5.84. The van der Waals surface area contributed by atoms with Crippen LogP contribution in [-0.4, -0.2) is 42.6 Å². The molecule has 2 aromatic carbocycles. The normalized spacial score (nSPS) is 12.3. The highest BCUT2D eigenvalue weighted by atomic mass is 19.1. The zero-order valence-corrected chi connectivity index (χ0v) is 18.6. The molecule has 0 amide bonds. The van der Waals surface area contributed by atoms with Gasteiger partial charge in [0.2, 0.25) is 0 Å². The fraction of sp³-hybridized carbons (Fsp3) is 0.160. The first-order valence-corrected chi connectivity index (χ1v) is 10.8. The third-order valence-corrected chi connectivity index (χ3v) is 5.79. The molecule has 5 aromatic rings. The number of halogens is 1. The number of methoxy groups -OCH3 is 1. The van der Waals surface area contributed by atoms with Gasteiger partial charge >= 0.3 is 5.97 Å². The Kier molecular flexibility index (Phi) is 5.79. The molecule has 10 heteroatoms. The quantitative estimate of drug-likeness (QED) is 0.386. The van der Waals surface area contributed by atoms with E-state index in [1.54, 1.807) is 18.2 Å². The number of hydrogen-bond acceptors (Lipinski definition) is 6. The molecule has 0 unspecified atom stereocenters. The van der Waals surface area contributed by atoms with Gasteiger partial charge in [0.1, 0.15) is 17.4 Å². The van der Waals surface area contributed by atoms with Crippen LogP contribution in [0.2, 0.25) is 0 Å². The molecule has 176 valence electrons. The Labute approximate surface area is 198 Å². The van der Waals surface area contributed by atoms with Crippen LogP contribution >= 0.6 is 0 Å². The molecule has 0 saturated carbocycles. The molecule has 3 heterocycles. The summed E-state index contributed by atoms with van der Waals surface area (Å²) in [5, 5.41) is 22.8. The first-order chi connectivity index (χ1) is 17.0. The molecule has 0 aliphatic rings. The topological polar surface area (TPSA) is 112 Å². The second kappa shape index (κ2) is 9.07. The molecule has 0 aliphatic carbocycles. The van der Waals surface area contributed by atoms with E-state index in [4.69, 9.17) is 4.74 Å². The minimum atomic E-state index is -1.13. The lowest BCUT2D eigenvalue weighted by Crippen LogP contribution is -2.31. The number of hydrogen-bond donors (Lipinski definition) is 1. The average molecular weight is 473 g/mol. The summed E-state index contributed by atoms with van der Waals surface area (Å²) in [6.45, 7) is 0.160. The summed E-state index contributed by atoms with van der Waals surface area (Å²) in [5.74, 6) is -1.51. The Balaban J connectivity index is 1.67. The SMILES string of the molecule is COCc1nn2c(nnc3c(=O)n([C@@H](Cc4ccccc4)C(=O)O)ccc32)c1-c1ccc(F)cc1. The van der Waals surface area contributed by atoms with Crippen LogP contribution < -0.4 is 5.56 Å². The Morgan fingerprint density at radius 2 is 1.83 bits per heavy atom. The van der Waals surface area contributed by atoms with Gasteiger partial charge in [0.05, 0.1) is 17.9 Å². The fourth-order valence-corrected chi connectivity index (χ4v) is 4.14. The van der Waals surface area contributed by atoms with Crippen LogP contribution in [0.5, 0.6) is 0 Å². The molecule has 3 aromatic heterocycles. The van der Waals surface area contributed by atoms with Crippen LogP contribution in [-0.2, 0) is 22.6 Å². The maximum Gasteiger partial charge on any atom is 0.327 e. The van der Waals surface area contributed by atoms with Crippen molar-refractivity contribution in [2.45, 2.75) is 19.1 Å². The zero-order chi connectivity index (χ0) is 24.5. The van der Waals surface area contributed by atoms with E-state index in [0.29, 0.717) is 28.0 Å². The van der Waals surface area contributed by atoms with E-state index in [0.717, 1.165) is 10.1 Å². The fourth-order valence-electron chi connectivity index (χ4n) is 4.14. The molecular weight excluding hydrogens is 453 g/mol. The molecule has 9 nitrogen and oxygen atoms in total. The standard InChI is InChI=1S/C25H20FN5O4/c1-35-14-18-21(16-7-9-17(26)10-8-16)23-28-27-22-19(31(23)29-18)11-12-30(24(22)32)20(25(33)34)13-15-5-3-2-4-6-15/h2-12,20H,13-14H2,1H3,(H,33,34)/t20-/m0/s1. The molecule has 0 aliphatic heterocycles. The number of aliphatic carboxylic acids is 1. The van der Waals surface area contributed by atoms with Gasteiger partial charge in [-0.25, -0.2) is 13.7 Å². The van der Waals surface area contributed by atoms with Crippen LogP contribution in [0.3, 0.4) is 0 Å². The summed E-state index contributed by atoms with van der Waals surface area (Å²) in [6.07, 6.45) is 1.56. The van der Waals surface area contributed by atoms with Gasteiger partial charge in [-0.3, -0.25) is 9.36 Å². The molecule has 1 atom stereocenters. The molecule has 0 saturated heterocycles. The number of rotatable bonds is 7. The van der Waals surface area contributed by atoms with Crippen molar-refractivity contribution in [2.24, 2.45) is 0 Å².